The number of hydrogen-bond acceptors (Lipinski definition) is 1. The van der Waals surface area contributed by atoms with Gasteiger partial charge in [0.1, 0.15) is 8.80 Å². The van der Waals surface area contributed by atoms with Crippen molar-refractivity contribution >= 4 is 35.1 Å². The van der Waals surface area contributed by atoms with E-state index in [0.29, 0.717) is 12.0 Å². The Morgan fingerprint density at radius 2 is 1.46 bits per heavy atom. The smallest absolute Gasteiger partial charge is 0.110 e. The summed E-state index contributed by atoms with van der Waals surface area (Å²) in [4.78, 5) is 0. The highest BCUT2D eigenvalue weighted by atomic mass is 79.9. The summed E-state index contributed by atoms with van der Waals surface area (Å²) in [6.07, 6.45) is 5.60. The van der Waals surface area contributed by atoms with Crippen LogP contribution in [0.2, 0.25) is 5.04 Å². The van der Waals surface area contributed by atoms with Gasteiger partial charge in [-0.05, 0) is 23.8 Å². The number of alkyl halides is 1. The molecule has 0 saturated heterocycles. The van der Waals surface area contributed by atoms with E-state index in [1.54, 1.807) is 0 Å². The van der Waals surface area contributed by atoms with Crippen LogP contribution in [0.15, 0.2) is 60.7 Å². The molecule has 1 saturated carbocycles. The molecule has 2 unspecified atom stereocenters. The number of benzene rings is 2. The van der Waals surface area contributed by atoms with Crippen molar-refractivity contribution in [3.63, 3.8) is 0 Å². The molecule has 0 N–H and O–H groups in total. The van der Waals surface area contributed by atoms with Gasteiger partial charge in [0, 0.05) is 5.33 Å². The Labute approximate surface area is 168 Å². The lowest BCUT2D eigenvalue weighted by molar-refractivity contribution is -0.0129. The Bertz CT molecular complexity index is 619. The fourth-order valence-corrected chi connectivity index (χ4v) is 8.77. The molecule has 3 rings (SSSR count). The Morgan fingerprint density at radius 1 is 0.923 bits per heavy atom. The van der Waals surface area contributed by atoms with Crippen LogP contribution in [0.5, 0.6) is 0 Å². The van der Waals surface area contributed by atoms with Crippen molar-refractivity contribution in [2.75, 3.05) is 11.9 Å². The maximum Gasteiger partial charge on any atom is 0.110 e. The van der Waals surface area contributed by atoms with E-state index in [4.69, 9.17) is 4.74 Å². The summed E-state index contributed by atoms with van der Waals surface area (Å²) in [5, 5.41) is 4.24. The molecule has 0 spiro atoms. The van der Waals surface area contributed by atoms with Gasteiger partial charge < -0.3 is 4.74 Å². The highest BCUT2D eigenvalue weighted by Crippen LogP contribution is 2.33. The van der Waals surface area contributed by atoms with Gasteiger partial charge in [0.25, 0.3) is 0 Å². The number of halogens is 1. The summed E-state index contributed by atoms with van der Waals surface area (Å²) >= 11 is 3.70. The molecule has 0 aliphatic heterocycles. The third-order valence-corrected chi connectivity index (χ3v) is 10.4. The van der Waals surface area contributed by atoms with E-state index >= 15 is 0 Å². The average molecular weight is 431 g/mol. The molecule has 0 bridgehead atoms. The number of rotatable bonds is 7. The van der Waals surface area contributed by atoms with Gasteiger partial charge >= 0.3 is 0 Å². The van der Waals surface area contributed by atoms with Crippen LogP contribution >= 0.6 is 15.9 Å². The molecule has 2 atom stereocenters. The molecule has 0 amide bonds. The van der Waals surface area contributed by atoms with Crippen LogP contribution < -0.4 is 10.4 Å². The van der Waals surface area contributed by atoms with Crippen molar-refractivity contribution < 1.29 is 4.74 Å². The Kier molecular flexibility index (Phi) is 7.13. The van der Waals surface area contributed by atoms with Crippen molar-refractivity contribution in [3.05, 3.63) is 60.7 Å². The summed E-state index contributed by atoms with van der Waals surface area (Å²) in [6.45, 7) is 5.67. The predicted octanol–water partition coefficient (Wildman–Crippen LogP) is 4.78. The lowest BCUT2D eigenvalue weighted by Crippen LogP contribution is -2.52. The molecule has 1 aliphatic carbocycles. The minimum atomic E-state index is -1.40. The van der Waals surface area contributed by atoms with E-state index < -0.39 is 8.80 Å². The first kappa shape index (κ1) is 19.8. The number of hydrogen-bond donors (Lipinski definition) is 0. The van der Waals surface area contributed by atoms with Crippen LogP contribution in [-0.4, -0.2) is 26.8 Å². The highest BCUT2D eigenvalue weighted by Gasteiger charge is 2.36. The maximum atomic E-state index is 6.58. The van der Waals surface area contributed by atoms with Gasteiger partial charge in [0.2, 0.25) is 0 Å². The van der Waals surface area contributed by atoms with Gasteiger partial charge in [-0.2, -0.15) is 0 Å². The van der Waals surface area contributed by atoms with Crippen molar-refractivity contribution in [3.8, 4) is 0 Å². The molecular formula is C23H31BrOSi. The summed E-state index contributed by atoms with van der Waals surface area (Å²) < 4.78 is 6.58. The van der Waals surface area contributed by atoms with Gasteiger partial charge in [0.15, 0.2) is 0 Å². The molecule has 26 heavy (non-hydrogen) atoms. The van der Waals surface area contributed by atoms with Gasteiger partial charge in [0.05, 0.1) is 12.7 Å². The summed E-state index contributed by atoms with van der Waals surface area (Å²) in [5.74, 6) is 0.674. The largest absolute Gasteiger partial charge is 0.378 e. The Balaban J connectivity index is 1.80. The van der Waals surface area contributed by atoms with Crippen LogP contribution in [0.1, 0.15) is 39.5 Å². The number of ether oxygens (including phenoxy) is 1. The van der Waals surface area contributed by atoms with Crippen LogP contribution in [0.3, 0.4) is 0 Å². The quantitative estimate of drug-likeness (QED) is 0.453. The molecule has 2 aromatic rings. The molecule has 0 radical (unpaired) electrons. The molecule has 3 heteroatoms. The fourth-order valence-electron chi connectivity index (χ4n) is 4.36. The molecular weight excluding hydrogens is 400 g/mol. The van der Waals surface area contributed by atoms with E-state index in [-0.39, 0.29) is 5.04 Å². The Morgan fingerprint density at radius 3 is 2.00 bits per heavy atom. The first-order valence-electron chi connectivity index (χ1n) is 9.89. The normalized spacial score (nSPS) is 21.1. The second kappa shape index (κ2) is 9.34. The average Bonchev–Trinajstić information content (AvgIpc) is 2.68. The molecule has 2 aromatic carbocycles. The van der Waals surface area contributed by atoms with Crippen LogP contribution in [0.4, 0.5) is 0 Å². The molecule has 0 heterocycles. The fraction of sp³-hybridized carbons (Fsp3) is 0.478. The molecule has 0 aromatic heterocycles. The first-order valence-corrected chi connectivity index (χ1v) is 12.7. The lowest BCUT2D eigenvalue weighted by atomic mass is 9.88. The third kappa shape index (κ3) is 4.88. The van der Waals surface area contributed by atoms with Gasteiger partial charge in [-0.15, -0.1) is 0 Å². The topological polar surface area (TPSA) is 9.23 Å². The highest BCUT2D eigenvalue weighted by molar-refractivity contribution is 9.09. The van der Waals surface area contributed by atoms with Crippen LogP contribution in [-0.2, 0) is 4.74 Å². The van der Waals surface area contributed by atoms with E-state index in [9.17, 15) is 0 Å². The van der Waals surface area contributed by atoms with E-state index in [1.165, 1.54) is 36.1 Å². The summed E-state index contributed by atoms with van der Waals surface area (Å²) in [5.41, 5.74) is 0. The SMILES string of the molecule is CC(C)(COC1CCCCC1CBr)[SiH](c1ccccc1)c1ccccc1. The minimum absolute atomic E-state index is 0.164. The standard InChI is InChI=1S/C23H31BrOSi/c1-23(2,18-25-22-16-10-9-11-19(22)17-24)26(20-12-5-3-6-13-20)21-14-7-4-8-15-21/h3-8,12-15,19,22,26H,9-11,16-18H2,1-2H3. The molecule has 140 valence electrons. The second-order valence-electron chi connectivity index (χ2n) is 8.29. The molecule has 1 aliphatic rings. The van der Waals surface area contributed by atoms with Gasteiger partial charge in [-0.1, -0.05) is 114 Å². The first-order chi connectivity index (χ1) is 12.6. The van der Waals surface area contributed by atoms with Crippen LogP contribution in [0.25, 0.3) is 0 Å². The monoisotopic (exact) mass is 430 g/mol. The zero-order valence-electron chi connectivity index (χ0n) is 16.0. The zero-order chi connectivity index (χ0) is 18.4. The zero-order valence-corrected chi connectivity index (χ0v) is 18.8. The van der Waals surface area contributed by atoms with E-state index in [1.807, 2.05) is 0 Å². The lowest BCUT2D eigenvalue weighted by Gasteiger charge is -2.37. The van der Waals surface area contributed by atoms with Crippen molar-refractivity contribution in [2.24, 2.45) is 5.92 Å². The van der Waals surface area contributed by atoms with Crippen molar-refractivity contribution in [1.29, 1.82) is 0 Å². The maximum absolute atomic E-state index is 6.58. The van der Waals surface area contributed by atoms with E-state index in [0.717, 1.165) is 11.9 Å². The van der Waals surface area contributed by atoms with Gasteiger partial charge in [-0.3, -0.25) is 0 Å². The van der Waals surface area contributed by atoms with Gasteiger partial charge in [-0.25, -0.2) is 0 Å². The predicted molar refractivity (Wildman–Crippen MR) is 119 cm³/mol. The molecule has 1 fully saturated rings. The summed E-state index contributed by atoms with van der Waals surface area (Å²) in [6, 6.07) is 22.2. The van der Waals surface area contributed by atoms with Crippen molar-refractivity contribution in [1.82, 2.24) is 0 Å². The second-order valence-corrected chi connectivity index (χ2v) is 12.7. The Hall–Kier alpha value is -0.903. The summed E-state index contributed by atoms with van der Waals surface area (Å²) in [7, 11) is -1.40. The molecule has 1 nitrogen and oxygen atoms in total. The van der Waals surface area contributed by atoms with Crippen LogP contribution in [0, 0.1) is 5.92 Å². The van der Waals surface area contributed by atoms with Crippen molar-refractivity contribution in [2.45, 2.75) is 50.7 Å². The third-order valence-electron chi connectivity index (χ3n) is 5.75. The minimum Gasteiger partial charge on any atom is -0.378 e. The van der Waals surface area contributed by atoms with E-state index in [2.05, 4.69) is 90.4 Å².